The molecule has 0 fully saturated rings. The summed E-state index contributed by atoms with van der Waals surface area (Å²) in [7, 11) is 12.5. The Morgan fingerprint density at radius 3 is 0.591 bits per heavy atom. The van der Waals surface area contributed by atoms with Crippen molar-refractivity contribution in [1.29, 1.82) is 0 Å². The molecule has 12 rings (SSSR count). The molecule has 0 aliphatic carbocycles. The van der Waals surface area contributed by atoms with E-state index in [0.29, 0.717) is 136 Å². The van der Waals surface area contributed by atoms with Crippen molar-refractivity contribution in [2.75, 3.05) is 56.9 Å². The van der Waals surface area contributed by atoms with Gasteiger partial charge in [-0.05, 0) is 121 Å². The number of aliphatic carboxylic acids is 2. The number of carboxylic acid groups (broad SMARTS) is 2. The molecule has 0 aliphatic heterocycles. The molecule has 0 aliphatic rings. The number of para-hydroxylation sites is 8. The number of aromatic nitrogens is 8. The first-order valence-electron chi connectivity index (χ1n) is 28.8. The van der Waals surface area contributed by atoms with Gasteiger partial charge in [-0.1, -0.05) is 97.1 Å². The Balaban J connectivity index is 0.000000201. The third-order valence-electron chi connectivity index (χ3n) is 15.4. The molecule has 8 aromatic carbocycles. The van der Waals surface area contributed by atoms with Crippen LogP contribution in [0.25, 0.3) is 90.1 Å². The first-order chi connectivity index (χ1) is 45.0. The second kappa shape index (κ2) is 29.0. The first-order valence-corrected chi connectivity index (χ1v) is 28.8. The summed E-state index contributed by atoms with van der Waals surface area (Å²) in [6, 6.07) is 66.1. The predicted octanol–water partition coefficient (Wildman–Crippen LogP) is 11.2. The second-order valence-corrected chi connectivity index (χ2v) is 20.4. The van der Waals surface area contributed by atoms with E-state index in [1.165, 1.54) is 18.7 Å². The summed E-state index contributed by atoms with van der Waals surface area (Å²) < 4.78 is 50.8. The molecule has 0 N–H and O–H groups in total. The third kappa shape index (κ3) is 12.8. The van der Waals surface area contributed by atoms with Crippen LogP contribution in [-0.4, -0.2) is 108 Å². The average molecular weight is 1290 g/mol. The van der Waals surface area contributed by atoms with Crippen molar-refractivity contribution in [3.05, 3.63) is 218 Å². The van der Waals surface area contributed by atoms with Gasteiger partial charge in [-0.25, -0.2) is 18.7 Å². The smallest absolute Gasteiger partial charge is 0.546 e. The van der Waals surface area contributed by atoms with Crippen molar-refractivity contribution in [2.24, 2.45) is 0 Å². The summed E-state index contributed by atoms with van der Waals surface area (Å²) in [5, 5.41) is 46.2. The van der Waals surface area contributed by atoms with Crippen LogP contribution in [0.15, 0.2) is 218 Å². The molecule has 0 bridgehead atoms. The number of methoxy groups -OCH3 is 8. The van der Waals surface area contributed by atoms with E-state index in [1.54, 1.807) is 105 Å². The Morgan fingerprint density at radius 1 is 0.280 bits per heavy atom. The van der Waals surface area contributed by atoms with E-state index in [-0.39, 0.29) is 17.1 Å². The number of carbonyl (C=O) groups is 2. The van der Waals surface area contributed by atoms with E-state index in [2.05, 4.69) is 0 Å². The molecule has 0 amide bonds. The molecule has 4 aromatic heterocycles. The van der Waals surface area contributed by atoms with Crippen molar-refractivity contribution >= 4 is 11.9 Å². The van der Waals surface area contributed by atoms with E-state index in [1.807, 2.05) is 170 Å². The molecule has 93 heavy (non-hydrogen) atoms. The van der Waals surface area contributed by atoms with E-state index < -0.39 is 24.3 Å². The second-order valence-electron chi connectivity index (χ2n) is 20.4. The molecule has 0 atom stereocenters. The average Bonchev–Trinajstić information content (AvgIpc) is 1.62. The van der Waals surface area contributed by atoms with Crippen LogP contribution in [0, 0.1) is 0 Å². The maximum absolute atomic E-state index is 13.4. The molecule has 0 saturated heterocycles. The number of benzene rings is 8. The number of nitrogens with zero attached hydrogens (tertiary/aromatic N) is 8. The molecule has 4 heterocycles. The molecule has 0 saturated carbocycles. The number of hydrogen-bond donors (Lipinski definition) is 0. The Hall–Kier alpha value is -11.5. The van der Waals surface area contributed by atoms with Crippen LogP contribution in [0.5, 0.6) is 46.0 Å². The SMILES string of the molecule is COc1ccccc1-c1cc(-c2ccccc2OC)n(C(C(=O)[O-])n2nc(-c3ccccc3OC)cc2-c2ccccc2OC)n1.COc1ccccc1-c1cc(-c2ccccc2OC)n(C(C(=O)[O-])n2nc(-c3ccccc3OC)cc2-c2ccccc2OC)n1.[Fe+2]. The van der Waals surface area contributed by atoms with Gasteiger partial charge in [-0.2, -0.15) is 20.4 Å². The number of carboxylic acids is 2. The van der Waals surface area contributed by atoms with Crippen LogP contribution in [0.4, 0.5) is 0 Å². The van der Waals surface area contributed by atoms with E-state index in [4.69, 9.17) is 58.3 Å². The summed E-state index contributed by atoms with van der Waals surface area (Å²) in [6.07, 6.45) is -3.10. The first kappa shape index (κ1) is 64.4. The van der Waals surface area contributed by atoms with Gasteiger partial charge in [0.1, 0.15) is 46.0 Å². The maximum atomic E-state index is 13.4. The van der Waals surface area contributed by atoms with E-state index >= 15 is 0 Å². The minimum Gasteiger partial charge on any atom is -0.546 e. The summed E-state index contributed by atoms with van der Waals surface area (Å²) in [5.41, 5.74) is 9.02. The summed E-state index contributed by atoms with van der Waals surface area (Å²) >= 11 is 0. The van der Waals surface area contributed by atoms with Gasteiger partial charge in [0.25, 0.3) is 0 Å². The van der Waals surface area contributed by atoms with Gasteiger partial charge in [0.15, 0.2) is 12.3 Å². The quantitative estimate of drug-likeness (QED) is 0.0575. The van der Waals surface area contributed by atoms with Crippen LogP contribution in [-0.2, 0) is 26.7 Å². The zero-order chi connectivity index (χ0) is 64.4. The predicted molar refractivity (Wildman–Crippen MR) is 344 cm³/mol. The van der Waals surface area contributed by atoms with Crippen molar-refractivity contribution in [3.63, 3.8) is 0 Å². The van der Waals surface area contributed by atoms with Crippen LogP contribution >= 0.6 is 0 Å². The van der Waals surface area contributed by atoms with Gasteiger partial charge in [0.2, 0.25) is 0 Å². The number of rotatable bonds is 22. The van der Waals surface area contributed by atoms with Gasteiger partial charge < -0.3 is 57.7 Å². The fourth-order valence-corrected chi connectivity index (χ4v) is 11.1. The van der Waals surface area contributed by atoms with E-state index in [0.717, 1.165) is 0 Å². The van der Waals surface area contributed by atoms with Crippen LogP contribution in [0.3, 0.4) is 0 Å². The Labute approximate surface area is 546 Å². The van der Waals surface area contributed by atoms with Crippen molar-refractivity contribution in [1.82, 2.24) is 39.1 Å². The monoisotopic (exact) mass is 1290 g/mol. The number of hydrogen-bond acceptors (Lipinski definition) is 16. The van der Waals surface area contributed by atoms with Crippen molar-refractivity contribution < 1.29 is 74.8 Å². The number of ether oxygens (including phenoxy) is 8. The standard InChI is InChI=1S/2C36H32N4O6.Fe/c2*1-43-31-17-9-5-13-23(31)27-21-29(25-15-7-11-19-33(25)45-3)39(37-27)35(36(41)42)40-30(26-16-8-12-20-34(26)46-4)22-28(38-40)24-14-6-10-18-32(24)44-2;/h2*5-22,35H,1-4H3,(H,41,42);/q;;+2/p-2. The van der Waals surface area contributed by atoms with Gasteiger partial charge in [-0.15, -0.1) is 0 Å². The number of carbonyl (C=O) groups excluding carboxylic acids is 2. The molecular weight excluding hydrogens is 1220 g/mol. The molecule has 0 spiro atoms. The van der Waals surface area contributed by atoms with Crippen molar-refractivity contribution in [2.45, 2.75) is 12.3 Å². The third-order valence-corrected chi connectivity index (χ3v) is 15.4. The Kier molecular flexibility index (Phi) is 20.1. The molecule has 470 valence electrons. The van der Waals surface area contributed by atoms with Crippen LogP contribution < -0.4 is 48.1 Å². The summed E-state index contributed by atoms with van der Waals surface area (Å²) in [5.74, 6) is 1.59. The molecular formula is C72H62FeN8O12. The molecule has 0 unspecified atom stereocenters. The molecule has 12 aromatic rings. The largest absolute Gasteiger partial charge is 2.00 e. The molecule has 21 heteroatoms. The fourth-order valence-electron chi connectivity index (χ4n) is 11.1. The minimum atomic E-state index is -1.55. The van der Waals surface area contributed by atoms with E-state index in [9.17, 15) is 19.8 Å². The Bertz CT molecular complexity index is 4050. The molecule has 20 nitrogen and oxygen atoms in total. The van der Waals surface area contributed by atoms with Crippen LogP contribution in [0.1, 0.15) is 12.3 Å². The molecule has 0 radical (unpaired) electrons. The topological polar surface area (TPSA) is 225 Å². The zero-order valence-corrected chi connectivity index (χ0v) is 52.9. The van der Waals surface area contributed by atoms with Gasteiger partial charge in [0.05, 0.1) is 114 Å². The van der Waals surface area contributed by atoms with Gasteiger partial charge >= 0.3 is 17.1 Å². The fraction of sp³-hybridized carbons (Fsp3) is 0.139. The van der Waals surface area contributed by atoms with Gasteiger partial charge in [0, 0.05) is 44.5 Å². The summed E-state index contributed by atoms with van der Waals surface area (Å²) in [6.45, 7) is 0. The summed E-state index contributed by atoms with van der Waals surface area (Å²) in [4.78, 5) is 26.7. The minimum absolute atomic E-state index is 0. The van der Waals surface area contributed by atoms with Crippen molar-refractivity contribution in [3.8, 4) is 136 Å². The normalized spacial score (nSPS) is 10.9. The zero-order valence-electron chi connectivity index (χ0n) is 51.8. The Morgan fingerprint density at radius 2 is 0.430 bits per heavy atom. The van der Waals surface area contributed by atoms with Crippen LogP contribution in [0.2, 0.25) is 0 Å². The van der Waals surface area contributed by atoms with Gasteiger partial charge in [-0.3, -0.25) is 0 Å². The maximum Gasteiger partial charge on any atom is 2.00 e.